The Balaban J connectivity index is 1.54. The van der Waals surface area contributed by atoms with E-state index in [-0.39, 0.29) is 11.3 Å². The van der Waals surface area contributed by atoms with Gasteiger partial charge in [-0.3, -0.25) is 14.5 Å². The molecule has 1 N–H and O–H groups in total. The Kier molecular flexibility index (Phi) is 8.52. The van der Waals surface area contributed by atoms with Crippen LogP contribution in [0.5, 0.6) is 5.75 Å². The topological polar surface area (TPSA) is 96.6 Å². The van der Waals surface area contributed by atoms with E-state index in [4.69, 9.17) is 9.47 Å². The molecule has 2 aliphatic rings. The Hall–Kier alpha value is -3.69. The van der Waals surface area contributed by atoms with Crippen LogP contribution in [0.15, 0.2) is 48.2 Å². The van der Waals surface area contributed by atoms with Crippen molar-refractivity contribution in [2.45, 2.75) is 46.1 Å². The molecule has 1 aromatic carbocycles. The van der Waals surface area contributed by atoms with Crippen molar-refractivity contribution in [1.82, 2.24) is 19.2 Å². The molecule has 0 spiro atoms. The lowest BCUT2D eigenvalue weighted by molar-refractivity contribution is -0.140. The van der Waals surface area contributed by atoms with Gasteiger partial charge in [-0.1, -0.05) is 31.5 Å². The van der Waals surface area contributed by atoms with Crippen LogP contribution in [0.25, 0.3) is 11.4 Å². The maximum atomic E-state index is 13.6. The summed E-state index contributed by atoms with van der Waals surface area (Å²) in [6.07, 6.45) is 4.51. The second-order valence-electron chi connectivity index (χ2n) is 10.5. The van der Waals surface area contributed by atoms with Gasteiger partial charge in [-0.25, -0.2) is 4.98 Å². The summed E-state index contributed by atoms with van der Waals surface area (Å²) in [6.45, 7) is 10.8. The van der Waals surface area contributed by atoms with E-state index in [9.17, 15) is 14.7 Å². The number of ether oxygens (including phenoxy) is 2. The number of nitrogens with zero attached hydrogens (tertiary/aromatic N) is 4. The number of imidazole rings is 1. The third-order valence-corrected chi connectivity index (χ3v) is 7.77. The summed E-state index contributed by atoms with van der Waals surface area (Å²) in [5.41, 5.74) is 3.43. The minimum Gasteiger partial charge on any atom is -0.505 e. The maximum Gasteiger partial charge on any atom is 0.295 e. The van der Waals surface area contributed by atoms with Crippen LogP contribution in [0.4, 0.5) is 0 Å². The highest BCUT2D eigenvalue weighted by Crippen LogP contribution is 2.40. The predicted octanol–water partition coefficient (Wildman–Crippen LogP) is 4.27. The standard InChI is InChI=1S/C31H38N4O5/c1-4-5-17-40-24-11-6-10-23(20-24)27-25(28(36)26-22(3)34-13-7-9-21(2)30(34)32-26)29(37)31(38)35(27)14-8-12-33-15-18-39-19-16-33/h6-7,9-11,13,20,27,36H,4-5,8,12,14-19H2,1-3H3/b28-25+. The van der Waals surface area contributed by atoms with Gasteiger partial charge >= 0.3 is 0 Å². The fourth-order valence-electron chi connectivity index (χ4n) is 5.53. The van der Waals surface area contributed by atoms with Crippen molar-refractivity contribution in [2.75, 3.05) is 46.0 Å². The Morgan fingerprint density at radius 2 is 1.90 bits per heavy atom. The molecule has 2 saturated heterocycles. The molecule has 0 aliphatic carbocycles. The van der Waals surface area contributed by atoms with Gasteiger partial charge in [0.2, 0.25) is 0 Å². The molecule has 2 fully saturated rings. The van der Waals surface area contributed by atoms with E-state index in [1.54, 1.807) is 4.90 Å². The number of aromatic nitrogens is 2. The normalized spacial score (nSPS) is 19.6. The molecule has 4 heterocycles. The lowest BCUT2D eigenvalue weighted by Gasteiger charge is -2.29. The smallest absolute Gasteiger partial charge is 0.295 e. The molecule has 212 valence electrons. The zero-order valence-electron chi connectivity index (χ0n) is 23.6. The summed E-state index contributed by atoms with van der Waals surface area (Å²) < 4.78 is 13.3. The molecule has 3 aromatic rings. The van der Waals surface area contributed by atoms with E-state index < -0.39 is 17.7 Å². The fourth-order valence-corrected chi connectivity index (χ4v) is 5.53. The third kappa shape index (κ3) is 5.48. The number of hydrogen-bond acceptors (Lipinski definition) is 7. The average Bonchev–Trinajstić information content (AvgIpc) is 3.44. The zero-order valence-corrected chi connectivity index (χ0v) is 23.6. The van der Waals surface area contributed by atoms with E-state index in [2.05, 4.69) is 16.8 Å². The van der Waals surface area contributed by atoms with Gasteiger partial charge in [0.05, 0.1) is 37.1 Å². The van der Waals surface area contributed by atoms with Gasteiger partial charge in [-0.05, 0) is 56.0 Å². The monoisotopic (exact) mass is 546 g/mol. The van der Waals surface area contributed by atoms with E-state index in [0.717, 1.165) is 43.6 Å². The minimum absolute atomic E-state index is 0.0613. The molecular weight excluding hydrogens is 508 g/mol. The van der Waals surface area contributed by atoms with Crippen molar-refractivity contribution >= 4 is 23.1 Å². The van der Waals surface area contributed by atoms with Crippen LogP contribution in [-0.4, -0.2) is 82.0 Å². The lowest BCUT2D eigenvalue weighted by Crippen LogP contribution is -2.38. The van der Waals surface area contributed by atoms with E-state index in [0.29, 0.717) is 55.6 Å². The minimum atomic E-state index is -0.746. The number of morpholine rings is 1. The van der Waals surface area contributed by atoms with Crippen molar-refractivity contribution in [1.29, 1.82) is 0 Å². The first-order chi connectivity index (χ1) is 19.4. The number of carbonyl (C=O) groups is 2. The van der Waals surface area contributed by atoms with Crippen molar-refractivity contribution in [2.24, 2.45) is 0 Å². The Bertz CT molecular complexity index is 1420. The third-order valence-electron chi connectivity index (χ3n) is 7.77. The SMILES string of the molecule is CCCCOc1cccc(C2/C(=C(\O)c3nc4c(C)cccn4c3C)C(=O)C(=O)N2CCCN2CCOCC2)c1. The molecule has 0 radical (unpaired) electrons. The van der Waals surface area contributed by atoms with E-state index in [1.807, 2.05) is 60.8 Å². The first kappa shape index (κ1) is 27.9. The number of likely N-dealkylation sites (tertiary alicyclic amines) is 1. The largest absolute Gasteiger partial charge is 0.505 e. The highest BCUT2D eigenvalue weighted by Gasteiger charge is 2.46. The fraction of sp³-hybridized carbons (Fsp3) is 0.452. The first-order valence-corrected chi connectivity index (χ1v) is 14.2. The summed E-state index contributed by atoms with van der Waals surface area (Å²) >= 11 is 0. The van der Waals surface area contributed by atoms with Crippen LogP contribution in [0.1, 0.15) is 54.7 Å². The van der Waals surface area contributed by atoms with Gasteiger partial charge in [0.1, 0.15) is 17.1 Å². The molecule has 2 aliphatic heterocycles. The molecule has 2 aromatic heterocycles. The predicted molar refractivity (Wildman–Crippen MR) is 152 cm³/mol. The number of aryl methyl sites for hydroxylation is 2. The molecule has 0 saturated carbocycles. The van der Waals surface area contributed by atoms with Gasteiger partial charge in [0.15, 0.2) is 5.76 Å². The lowest BCUT2D eigenvalue weighted by atomic mass is 9.96. The summed E-state index contributed by atoms with van der Waals surface area (Å²) in [5.74, 6) is -0.885. The molecule has 1 atom stereocenters. The van der Waals surface area contributed by atoms with Crippen LogP contribution < -0.4 is 4.74 Å². The number of aliphatic hydroxyl groups excluding tert-OH is 1. The number of aliphatic hydroxyl groups is 1. The number of benzene rings is 1. The zero-order chi connectivity index (χ0) is 28.2. The first-order valence-electron chi connectivity index (χ1n) is 14.2. The van der Waals surface area contributed by atoms with Crippen LogP contribution in [-0.2, 0) is 14.3 Å². The number of amides is 1. The number of ketones is 1. The quantitative estimate of drug-likeness (QED) is 0.176. The summed E-state index contributed by atoms with van der Waals surface area (Å²) in [5, 5.41) is 11.7. The average molecular weight is 547 g/mol. The van der Waals surface area contributed by atoms with Crippen molar-refractivity contribution < 1.29 is 24.2 Å². The Morgan fingerprint density at radius 1 is 1.10 bits per heavy atom. The van der Waals surface area contributed by atoms with Gasteiger partial charge < -0.3 is 23.9 Å². The Labute approximate surface area is 235 Å². The summed E-state index contributed by atoms with van der Waals surface area (Å²) in [7, 11) is 0. The number of Topliss-reactive ketones (excluding diaryl/α,β-unsaturated/α-hetero) is 1. The molecule has 5 rings (SSSR count). The van der Waals surface area contributed by atoms with Crippen molar-refractivity contribution in [3.8, 4) is 5.75 Å². The van der Waals surface area contributed by atoms with Gasteiger partial charge in [-0.15, -0.1) is 0 Å². The highest BCUT2D eigenvalue weighted by molar-refractivity contribution is 6.46. The van der Waals surface area contributed by atoms with Crippen LogP contribution in [0.2, 0.25) is 0 Å². The number of fused-ring (bicyclic) bond motifs is 1. The van der Waals surface area contributed by atoms with Crippen LogP contribution in [0.3, 0.4) is 0 Å². The molecule has 9 nitrogen and oxygen atoms in total. The molecule has 1 amide bonds. The molecule has 1 unspecified atom stereocenters. The molecular formula is C31H38N4O5. The number of unbranched alkanes of at least 4 members (excludes halogenated alkanes) is 1. The van der Waals surface area contributed by atoms with Gasteiger partial charge in [0, 0.05) is 32.4 Å². The molecule has 40 heavy (non-hydrogen) atoms. The van der Waals surface area contributed by atoms with E-state index in [1.165, 1.54) is 0 Å². The van der Waals surface area contributed by atoms with Gasteiger partial charge in [-0.2, -0.15) is 0 Å². The number of rotatable bonds is 10. The second kappa shape index (κ2) is 12.2. The van der Waals surface area contributed by atoms with Crippen molar-refractivity contribution in [3.63, 3.8) is 0 Å². The summed E-state index contributed by atoms with van der Waals surface area (Å²) in [6, 6.07) is 10.6. The Morgan fingerprint density at radius 3 is 2.65 bits per heavy atom. The van der Waals surface area contributed by atoms with Gasteiger partial charge in [0.25, 0.3) is 11.7 Å². The second-order valence-corrected chi connectivity index (χ2v) is 10.5. The van der Waals surface area contributed by atoms with Crippen LogP contribution >= 0.6 is 0 Å². The molecule has 0 bridgehead atoms. The number of hydrogen-bond donors (Lipinski definition) is 1. The highest BCUT2D eigenvalue weighted by atomic mass is 16.5. The van der Waals surface area contributed by atoms with Crippen molar-refractivity contribution in [3.05, 3.63) is 70.7 Å². The number of pyridine rings is 1. The van der Waals surface area contributed by atoms with Crippen LogP contribution in [0, 0.1) is 13.8 Å². The summed E-state index contributed by atoms with van der Waals surface area (Å²) in [4.78, 5) is 35.6. The molecule has 9 heteroatoms. The maximum absolute atomic E-state index is 13.6. The number of carbonyl (C=O) groups excluding carboxylic acids is 2. The van der Waals surface area contributed by atoms with E-state index >= 15 is 0 Å².